The molecule has 1 aliphatic heterocycles. The van der Waals surface area contributed by atoms with E-state index in [-0.39, 0.29) is 24.4 Å². The third-order valence-corrected chi connectivity index (χ3v) is 3.19. The fraction of sp³-hybridized carbons (Fsp3) is 0.467. The van der Waals surface area contributed by atoms with Crippen molar-refractivity contribution in [3.63, 3.8) is 0 Å². The van der Waals surface area contributed by atoms with Gasteiger partial charge in [0, 0.05) is 13.0 Å². The maximum atomic E-state index is 12.1. The van der Waals surface area contributed by atoms with Gasteiger partial charge in [0.25, 0.3) is 5.91 Å². The van der Waals surface area contributed by atoms with E-state index in [1.807, 2.05) is 12.1 Å². The van der Waals surface area contributed by atoms with Crippen LogP contribution in [0.25, 0.3) is 0 Å². The number of amides is 1. The van der Waals surface area contributed by atoms with Crippen LogP contribution in [0.5, 0.6) is 11.5 Å². The Kier molecular flexibility index (Phi) is 5.03. The summed E-state index contributed by atoms with van der Waals surface area (Å²) in [7, 11) is 1.34. The van der Waals surface area contributed by atoms with Gasteiger partial charge in [-0.1, -0.05) is 12.1 Å². The van der Waals surface area contributed by atoms with Crippen molar-refractivity contribution in [2.75, 3.05) is 13.7 Å². The normalized spacial score (nSPS) is 19.7. The summed E-state index contributed by atoms with van der Waals surface area (Å²) < 4.78 is 15.9. The molecule has 1 heterocycles. The molecule has 114 valence electrons. The van der Waals surface area contributed by atoms with Crippen LogP contribution in [-0.2, 0) is 14.3 Å². The highest BCUT2D eigenvalue weighted by Crippen LogP contribution is 2.33. The van der Waals surface area contributed by atoms with Crippen molar-refractivity contribution >= 4 is 11.9 Å². The average molecular weight is 293 g/mol. The molecule has 0 radical (unpaired) electrons. The summed E-state index contributed by atoms with van der Waals surface area (Å²) in [4.78, 5) is 23.1. The molecule has 0 fully saturated rings. The summed E-state index contributed by atoms with van der Waals surface area (Å²) in [6, 6.07) is 7.24. The molecule has 0 bridgehead atoms. The van der Waals surface area contributed by atoms with Crippen molar-refractivity contribution in [2.24, 2.45) is 0 Å². The van der Waals surface area contributed by atoms with Gasteiger partial charge in [0.05, 0.1) is 7.11 Å². The monoisotopic (exact) mass is 293 g/mol. The Morgan fingerprint density at radius 3 is 2.57 bits per heavy atom. The van der Waals surface area contributed by atoms with Crippen LogP contribution in [0.1, 0.15) is 19.8 Å². The second-order valence-corrected chi connectivity index (χ2v) is 4.78. The first-order valence-corrected chi connectivity index (χ1v) is 6.88. The number of esters is 1. The van der Waals surface area contributed by atoms with E-state index in [4.69, 9.17) is 9.47 Å². The lowest BCUT2D eigenvalue weighted by molar-refractivity contribution is -0.141. The SMILES string of the molecule is COC(=O)CCCNC(=O)[C@@H]1Oc2ccccc2O[C@@H]1C. The van der Waals surface area contributed by atoms with Crippen molar-refractivity contribution in [2.45, 2.75) is 32.0 Å². The van der Waals surface area contributed by atoms with Crippen LogP contribution in [0.3, 0.4) is 0 Å². The molecule has 0 unspecified atom stereocenters. The van der Waals surface area contributed by atoms with E-state index in [0.717, 1.165) is 0 Å². The Morgan fingerprint density at radius 2 is 1.90 bits per heavy atom. The number of carbonyl (C=O) groups excluding carboxylic acids is 2. The number of para-hydroxylation sites is 2. The highest BCUT2D eigenvalue weighted by Gasteiger charge is 2.33. The second kappa shape index (κ2) is 6.97. The molecule has 1 amide bonds. The highest BCUT2D eigenvalue weighted by molar-refractivity contribution is 5.82. The number of methoxy groups -OCH3 is 1. The first kappa shape index (κ1) is 15.2. The van der Waals surface area contributed by atoms with Crippen molar-refractivity contribution in [1.29, 1.82) is 0 Å². The average Bonchev–Trinajstić information content (AvgIpc) is 2.50. The Balaban J connectivity index is 1.84. The third kappa shape index (κ3) is 3.87. The Bertz CT molecular complexity index is 517. The molecule has 0 aliphatic carbocycles. The number of nitrogens with one attached hydrogen (secondary N) is 1. The van der Waals surface area contributed by atoms with E-state index in [1.54, 1.807) is 19.1 Å². The van der Waals surface area contributed by atoms with Gasteiger partial charge in [0.1, 0.15) is 6.10 Å². The van der Waals surface area contributed by atoms with Crippen LogP contribution >= 0.6 is 0 Å². The number of hydrogen-bond acceptors (Lipinski definition) is 5. The zero-order chi connectivity index (χ0) is 15.2. The van der Waals surface area contributed by atoms with E-state index in [0.29, 0.717) is 24.5 Å². The largest absolute Gasteiger partial charge is 0.482 e. The van der Waals surface area contributed by atoms with Crippen molar-refractivity contribution in [1.82, 2.24) is 5.32 Å². The van der Waals surface area contributed by atoms with Gasteiger partial charge in [-0.3, -0.25) is 9.59 Å². The van der Waals surface area contributed by atoms with Gasteiger partial charge in [0.15, 0.2) is 11.5 Å². The van der Waals surface area contributed by atoms with Crippen LogP contribution in [0.2, 0.25) is 0 Å². The van der Waals surface area contributed by atoms with Crippen LogP contribution in [0.15, 0.2) is 24.3 Å². The molecule has 0 saturated heterocycles. The summed E-state index contributed by atoms with van der Waals surface area (Å²) in [5.74, 6) is 0.663. The highest BCUT2D eigenvalue weighted by atomic mass is 16.6. The molecule has 2 atom stereocenters. The van der Waals surface area contributed by atoms with Crippen molar-refractivity contribution in [3.05, 3.63) is 24.3 Å². The van der Waals surface area contributed by atoms with Gasteiger partial charge in [-0.25, -0.2) is 0 Å². The molecule has 1 N–H and O–H groups in total. The van der Waals surface area contributed by atoms with Crippen LogP contribution in [0.4, 0.5) is 0 Å². The number of benzene rings is 1. The van der Waals surface area contributed by atoms with E-state index in [9.17, 15) is 9.59 Å². The predicted octanol–water partition coefficient (Wildman–Crippen LogP) is 1.28. The van der Waals surface area contributed by atoms with Gasteiger partial charge in [-0.15, -0.1) is 0 Å². The fourth-order valence-corrected chi connectivity index (χ4v) is 2.05. The van der Waals surface area contributed by atoms with Gasteiger partial charge in [0.2, 0.25) is 6.10 Å². The van der Waals surface area contributed by atoms with E-state index >= 15 is 0 Å². The quantitative estimate of drug-likeness (QED) is 0.654. The Hall–Kier alpha value is -2.24. The lowest BCUT2D eigenvalue weighted by Gasteiger charge is -2.31. The lowest BCUT2D eigenvalue weighted by atomic mass is 10.1. The summed E-state index contributed by atoms with van der Waals surface area (Å²) in [6.45, 7) is 2.18. The smallest absolute Gasteiger partial charge is 0.305 e. The molecule has 1 aromatic carbocycles. The van der Waals surface area contributed by atoms with Crippen molar-refractivity contribution < 1.29 is 23.8 Å². The first-order valence-electron chi connectivity index (χ1n) is 6.88. The zero-order valence-corrected chi connectivity index (χ0v) is 12.1. The van der Waals surface area contributed by atoms with Crippen LogP contribution in [-0.4, -0.2) is 37.7 Å². The predicted molar refractivity (Wildman–Crippen MR) is 75.2 cm³/mol. The second-order valence-electron chi connectivity index (χ2n) is 4.78. The molecule has 0 spiro atoms. The summed E-state index contributed by atoms with van der Waals surface area (Å²) in [5, 5.41) is 2.74. The number of fused-ring (bicyclic) bond motifs is 1. The molecule has 0 saturated carbocycles. The molecule has 1 aliphatic rings. The molecule has 1 aromatic rings. The van der Waals surface area contributed by atoms with Crippen LogP contribution < -0.4 is 14.8 Å². The molecular formula is C15H19NO5. The molecule has 6 nitrogen and oxygen atoms in total. The van der Waals surface area contributed by atoms with E-state index in [2.05, 4.69) is 10.1 Å². The standard InChI is InChI=1S/C15H19NO5/c1-10-14(15(18)16-9-5-8-13(17)19-2)21-12-7-4-3-6-11(12)20-10/h3-4,6-7,10,14H,5,8-9H2,1-2H3,(H,16,18)/t10-,14-/m1/s1. The molecule has 21 heavy (non-hydrogen) atoms. The summed E-state index contributed by atoms with van der Waals surface area (Å²) in [6.07, 6.45) is -0.271. The maximum Gasteiger partial charge on any atom is 0.305 e. The Morgan fingerprint density at radius 1 is 1.24 bits per heavy atom. The van der Waals surface area contributed by atoms with Gasteiger partial charge in [-0.2, -0.15) is 0 Å². The maximum absolute atomic E-state index is 12.1. The summed E-state index contributed by atoms with van der Waals surface area (Å²) in [5.41, 5.74) is 0. The number of ether oxygens (including phenoxy) is 3. The Labute approximate surface area is 123 Å². The molecule has 2 rings (SSSR count). The number of hydrogen-bond donors (Lipinski definition) is 1. The number of rotatable bonds is 5. The minimum Gasteiger partial charge on any atom is -0.482 e. The zero-order valence-electron chi connectivity index (χ0n) is 12.1. The fourth-order valence-electron chi connectivity index (χ4n) is 2.05. The molecular weight excluding hydrogens is 274 g/mol. The minimum atomic E-state index is -0.696. The first-order chi connectivity index (χ1) is 10.1. The van der Waals surface area contributed by atoms with Crippen molar-refractivity contribution in [3.8, 4) is 11.5 Å². The summed E-state index contributed by atoms with van der Waals surface area (Å²) >= 11 is 0. The van der Waals surface area contributed by atoms with E-state index in [1.165, 1.54) is 7.11 Å². The lowest BCUT2D eigenvalue weighted by Crippen LogP contribution is -2.49. The van der Waals surface area contributed by atoms with E-state index < -0.39 is 6.10 Å². The van der Waals surface area contributed by atoms with Gasteiger partial charge < -0.3 is 19.5 Å². The van der Waals surface area contributed by atoms with Gasteiger partial charge >= 0.3 is 5.97 Å². The minimum absolute atomic E-state index is 0.248. The molecule has 0 aromatic heterocycles. The third-order valence-electron chi connectivity index (χ3n) is 3.19. The van der Waals surface area contributed by atoms with Crippen LogP contribution in [0, 0.1) is 0 Å². The molecule has 6 heteroatoms. The topological polar surface area (TPSA) is 73.9 Å². The van der Waals surface area contributed by atoms with Gasteiger partial charge in [-0.05, 0) is 25.5 Å². The number of carbonyl (C=O) groups is 2.